The molecule has 5 N–H and O–H groups in total. The van der Waals surface area contributed by atoms with Crippen molar-refractivity contribution >= 4 is 8.60 Å². The van der Waals surface area contributed by atoms with Crippen molar-refractivity contribution in [2.24, 2.45) is 5.41 Å². The number of hydrogen-bond donors (Lipinski definition) is 5. The maximum absolute atomic E-state index is 9.92. The molecule has 0 aromatic carbocycles. The second-order valence-electron chi connectivity index (χ2n) is 14.6. The average molecular weight is 723 g/mol. The van der Waals surface area contributed by atoms with Crippen LogP contribution in [-0.4, -0.2) is 65.0 Å². The predicted octanol–water partition coefficient (Wildman–Crippen LogP) is 11.7. The van der Waals surface area contributed by atoms with Gasteiger partial charge in [-0.15, -0.1) is 0 Å². The molecule has 0 atom stereocenters. The van der Waals surface area contributed by atoms with E-state index in [1.54, 1.807) is 0 Å². The highest BCUT2D eigenvalue weighted by atomic mass is 31.2. The van der Waals surface area contributed by atoms with Crippen molar-refractivity contribution in [2.75, 3.05) is 39.6 Å². The van der Waals surface area contributed by atoms with Gasteiger partial charge in [-0.1, -0.05) is 206 Å². The summed E-state index contributed by atoms with van der Waals surface area (Å²) in [4.78, 5) is 9.92. The van der Waals surface area contributed by atoms with Crippen LogP contribution in [0.2, 0.25) is 0 Å². The van der Waals surface area contributed by atoms with Gasteiger partial charge in [0, 0.05) is 0 Å². The van der Waals surface area contributed by atoms with Gasteiger partial charge in [0.1, 0.15) is 0 Å². The number of unbranched alkanes of at least 4 members (excludes halogenated alkanes) is 30. The molecule has 0 radical (unpaired) electrons. The van der Waals surface area contributed by atoms with Crippen LogP contribution in [0, 0.1) is 5.41 Å². The minimum Gasteiger partial charge on any atom is -0.396 e. The Morgan fingerprint density at radius 3 is 0.673 bits per heavy atom. The van der Waals surface area contributed by atoms with Crippen molar-refractivity contribution in [3.63, 3.8) is 0 Å². The summed E-state index contributed by atoms with van der Waals surface area (Å²) >= 11 is 0. The first-order valence-electron chi connectivity index (χ1n) is 21.2. The zero-order chi connectivity index (χ0) is 36.4. The summed E-state index contributed by atoms with van der Waals surface area (Å²) in [5.41, 5.74) is -1.11. The van der Waals surface area contributed by atoms with E-state index < -0.39 is 40.4 Å². The molecule has 0 aliphatic carbocycles. The molecule has 0 rings (SSSR count). The zero-order valence-corrected chi connectivity index (χ0v) is 33.8. The molecular formula is C41H87O7P. The van der Waals surface area contributed by atoms with Crippen LogP contribution in [0.1, 0.15) is 219 Å². The quantitative estimate of drug-likeness (QED) is 0.0315. The smallest absolute Gasteiger partial charge is 0.329 e. The third-order valence-electron chi connectivity index (χ3n) is 9.74. The van der Waals surface area contributed by atoms with Crippen molar-refractivity contribution < 1.29 is 34.4 Å². The lowest BCUT2D eigenvalue weighted by Crippen LogP contribution is -2.37. The van der Waals surface area contributed by atoms with Crippen molar-refractivity contribution in [2.45, 2.75) is 219 Å². The summed E-state index contributed by atoms with van der Waals surface area (Å²) in [5, 5.41) is 34.0. The largest absolute Gasteiger partial charge is 0.396 e. The van der Waals surface area contributed by atoms with Gasteiger partial charge in [-0.25, -0.2) is 0 Å². The minimum absolute atomic E-state index is 0.406. The summed E-state index contributed by atoms with van der Waals surface area (Å²) in [7, 11) is -1.67. The number of aliphatic hydroxyl groups is 4. The van der Waals surface area contributed by atoms with Gasteiger partial charge in [-0.05, 0) is 12.8 Å². The molecule has 0 aliphatic heterocycles. The van der Waals surface area contributed by atoms with Crippen LogP contribution in [-0.2, 0) is 9.05 Å². The fourth-order valence-corrected chi connectivity index (χ4v) is 6.57. The summed E-state index contributed by atoms with van der Waals surface area (Å²) < 4.78 is 11.0. The molecule has 0 saturated heterocycles. The first-order chi connectivity index (χ1) is 24.1. The van der Waals surface area contributed by atoms with Crippen LogP contribution >= 0.6 is 8.60 Å². The first-order valence-corrected chi connectivity index (χ1v) is 22.4. The molecule has 8 heteroatoms. The lowest BCUT2D eigenvalue weighted by molar-refractivity contribution is -0.0328. The third kappa shape index (κ3) is 40.8. The summed E-state index contributed by atoms with van der Waals surface area (Å²) in [6, 6.07) is 0. The fourth-order valence-electron chi connectivity index (χ4n) is 5.92. The van der Waals surface area contributed by atoms with Gasteiger partial charge >= 0.3 is 8.60 Å². The fraction of sp³-hybridized carbons (Fsp3) is 1.00. The highest BCUT2D eigenvalue weighted by Gasteiger charge is 2.26. The summed E-state index contributed by atoms with van der Waals surface area (Å²) in [6.07, 6.45) is 44.0. The minimum atomic E-state index is -1.67. The molecule has 0 fully saturated rings. The van der Waals surface area contributed by atoms with Crippen LogP contribution in [0.15, 0.2) is 0 Å². The molecule has 0 spiro atoms. The van der Waals surface area contributed by atoms with E-state index in [-0.39, 0.29) is 0 Å². The van der Waals surface area contributed by atoms with Crippen molar-refractivity contribution in [3.05, 3.63) is 0 Å². The Morgan fingerprint density at radius 2 is 0.510 bits per heavy atom. The van der Waals surface area contributed by atoms with E-state index >= 15 is 0 Å². The Bertz CT molecular complexity index is 525. The Labute approximate surface area is 306 Å². The standard InChI is InChI=1S/C36H75O3P.C5H12O4/c1-3-5-7-9-11-13-15-17-19-21-23-25-27-29-31-33-35-38-40(37)39-36-34-32-30-28-26-24-22-20-18-16-14-12-10-8-6-4-2;6-1-5(2-7,3-8)4-9/h37H,3-36H2,1-2H3;6-9H,1-4H2. The zero-order valence-electron chi connectivity index (χ0n) is 32.9. The average Bonchev–Trinajstić information content (AvgIpc) is 3.12. The Morgan fingerprint density at radius 1 is 0.327 bits per heavy atom. The highest BCUT2D eigenvalue weighted by molar-refractivity contribution is 7.40. The molecule has 0 unspecified atom stereocenters. The molecule has 0 aromatic rings. The topological polar surface area (TPSA) is 120 Å². The van der Waals surface area contributed by atoms with Crippen LogP contribution in [0.3, 0.4) is 0 Å². The molecule has 0 saturated carbocycles. The molecular weight excluding hydrogens is 635 g/mol. The SMILES string of the molecule is CCCCCCCCCCCCCCCCCCOP(O)OCCCCCCCCCCCCCCCCCC.OCC(CO)(CO)CO. The molecule has 7 nitrogen and oxygen atoms in total. The lowest BCUT2D eigenvalue weighted by Gasteiger charge is -2.23. The Balaban J connectivity index is 0. The van der Waals surface area contributed by atoms with E-state index in [2.05, 4.69) is 13.8 Å². The van der Waals surface area contributed by atoms with Gasteiger partial charge in [0.15, 0.2) is 0 Å². The van der Waals surface area contributed by atoms with E-state index in [0.29, 0.717) is 13.2 Å². The van der Waals surface area contributed by atoms with Crippen molar-refractivity contribution in [1.82, 2.24) is 0 Å². The van der Waals surface area contributed by atoms with Gasteiger partial charge in [-0.3, -0.25) is 0 Å². The van der Waals surface area contributed by atoms with E-state index in [1.807, 2.05) is 0 Å². The van der Waals surface area contributed by atoms with Crippen LogP contribution < -0.4 is 0 Å². The second kappa shape index (κ2) is 44.3. The summed E-state index contributed by atoms with van der Waals surface area (Å²) in [5.74, 6) is 0. The molecule has 0 heterocycles. The van der Waals surface area contributed by atoms with Crippen LogP contribution in [0.4, 0.5) is 0 Å². The molecule has 0 bridgehead atoms. The van der Waals surface area contributed by atoms with E-state index in [1.165, 1.54) is 193 Å². The Kier molecular flexibility index (Phi) is 46.4. The molecule has 0 aliphatic rings. The highest BCUT2D eigenvalue weighted by Crippen LogP contribution is 2.33. The molecule has 49 heavy (non-hydrogen) atoms. The summed E-state index contributed by atoms with van der Waals surface area (Å²) in [6.45, 7) is 4.23. The van der Waals surface area contributed by atoms with Gasteiger partial charge in [0.25, 0.3) is 0 Å². The third-order valence-corrected chi connectivity index (χ3v) is 10.5. The van der Waals surface area contributed by atoms with Gasteiger partial charge in [0.2, 0.25) is 0 Å². The predicted molar refractivity (Wildman–Crippen MR) is 211 cm³/mol. The maximum atomic E-state index is 9.92. The number of hydrogen-bond acceptors (Lipinski definition) is 7. The van der Waals surface area contributed by atoms with E-state index in [9.17, 15) is 4.89 Å². The normalized spacial score (nSPS) is 11.8. The van der Waals surface area contributed by atoms with E-state index in [4.69, 9.17) is 29.5 Å². The monoisotopic (exact) mass is 723 g/mol. The van der Waals surface area contributed by atoms with Gasteiger partial charge in [-0.2, -0.15) is 0 Å². The van der Waals surface area contributed by atoms with Crippen LogP contribution in [0.5, 0.6) is 0 Å². The van der Waals surface area contributed by atoms with Crippen molar-refractivity contribution in [3.8, 4) is 0 Å². The molecule has 0 amide bonds. The van der Waals surface area contributed by atoms with Crippen LogP contribution in [0.25, 0.3) is 0 Å². The second-order valence-corrected chi connectivity index (χ2v) is 15.6. The first kappa shape index (κ1) is 51.3. The molecule has 298 valence electrons. The lowest BCUT2D eigenvalue weighted by atomic mass is 9.93. The van der Waals surface area contributed by atoms with Gasteiger partial charge < -0.3 is 34.4 Å². The number of aliphatic hydroxyl groups excluding tert-OH is 4. The maximum Gasteiger partial charge on any atom is 0.329 e. The Hall–Kier alpha value is 0.150. The van der Waals surface area contributed by atoms with Crippen molar-refractivity contribution in [1.29, 1.82) is 0 Å². The number of rotatable bonds is 40. The molecule has 0 aromatic heterocycles. The van der Waals surface area contributed by atoms with Gasteiger partial charge in [0.05, 0.1) is 45.1 Å². The van der Waals surface area contributed by atoms with E-state index in [0.717, 1.165) is 12.8 Å².